The van der Waals surface area contributed by atoms with Crippen molar-refractivity contribution in [2.24, 2.45) is 7.05 Å². The molecule has 27 heavy (non-hydrogen) atoms. The van der Waals surface area contributed by atoms with E-state index in [0.29, 0.717) is 23.7 Å². The van der Waals surface area contributed by atoms with Gasteiger partial charge in [-0.1, -0.05) is 36.0 Å². The second-order valence-electron chi connectivity index (χ2n) is 5.81. The van der Waals surface area contributed by atoms with Crippen molar-refractivity contribution in [2.45, 2.75) is 12.1 Å². The molecule has 6 nitrogen and oxygen atoms in total. The number of ketones is 1. The molecule has 0 saturated heterocycles. The minimum atomic E-state index is -0.00648. The molecule has 0 atom stereocenters. The number of methoxy groups -OCH3 is 1. The van der Waals surface area contributed by atoms with Gasteiger partial charge in [-0.25, -0.2) is 0 Å². The summed E-state index contributed by atoms with van der Waals surface area (Å²) in [6, 6.07) is 15.0. The fraction of sp³-hybridized carbons (Fsp3) is 0.250. The van der Waals surface area contributed by atoms with Crippen LogP contribution in [0.15, 0.2) is 53.7 Å². The van der Waals surface area contributed by atoms with Crippen molar-refractivity contribution in [3.63, 3.8) is 0 Å². The average Bonchev–Trinajstić information content (AvgIpc) is 3.05. The quantitative estimate of drug-likeness (QED) is 0.334. The van der Waals surface area contributed by atoms with E-state index in [1.54, 1.807) is 24.9 Å². The molecule has 0 aliphatic rings. The Labute approximate surface area is 162 Å². The summed E-state index contributed by atoms with van der Waals surface area (Å²) in [4.78, 5) is 11.6. The maximum Gasteiger partial charge on any atom is 0.191 e. The van der Waals surface area contributed by atoms with Crippen LogP contribution in [0.1, 0.15) is 17.3 Å². The van der Waals surface area contributed by atoms with Gasteiger partial charge in [-0.05, 0) is 31.2 Å². The second kappa shape index (κ2) is 8.73. The number of aromatic nitrogens is 3. The van der Waals surface area contributed by atoms with Crippen LogP contribution in [-0.2, 0) is 7.05 Å². The molecule has 0 radical (unpaired) electrons. The van der Waals surface area contributed by atoms with Gasteiger partial charge in [0.2, 0.25) is 0 Å². The van der Waals surface area contributed by atoms with Gasteiger partial charge in [-0.15, -0.1) is 10.2 Å². The summed E-state index contributed by atoms with van der Waals surface area (Å²) in [5.41, 5.74) is 1.49. The number of benzene rings is 2. The Morgan fingerprint density at radius 3 is 2.52 bits per heavy atom. The van der Waals surface area contributed by atoms with Crippen molar-refractivity contribution < 1.29 is 14.3 Å². The van der Waals surface area contributed by atoms with E-state index in [4.69, 9.17) is 9.47 Å². The van der Waals surface area contributed by atoms with E-state index >= 15 is 0 Å². The Morgan fingerprint density at radius 2 is 1.78 bits per heavy atom. The van der Waals surface area contributed by atoms with E-state index < -0.39 is 0 Å². The largest absolute Gasteiger partial charge is 0.496 e. The Hall–Kier alpha value is -2.80. The molecule has 1 heterocycles. The summed E-state index contributed by atoms with van der Waals surface area (Å²) in [5.74, 6) is 2.79. The number of ether oxygens (including phenoxy) is 2. The number of nitrogens with zero attached hydrogens (tertiary/aromatic N) is 3. The van der Waals surface area contributed by atoms with Gasteiger partial charge in [0, 0.05) is 12.8 Å². The lowest BCUT2D eigenvalue weighted by molar-refractivity contribution is 0.101. The number of carbonyl (C=O) groups excluding carboxylic acids is 1. The van der Waals surface area contributed by atoms with E-state index in [1.807, 2.05) is 54.1 Å². The van der Waals surface area contributed by atoms with E-state index in [9.17, 15) is 4.79 Å². The van der Waals surface area contributed by atoms with Crippen LogP contribution in [0.2, 0.25) is 0 Å². The number of para-hydroxylation sites is 2. The van der Waals surface area contributed by atoms with E-state index in [2.05, 4.69) is 10.2 Å². The molecule has 7 heteroatoms. The second-order valence-corrected chi connectivity index (χ2v) is 6.88. The number of hydrogen-bond donors (Lipinski definition) is 0. The SMILES string of the molecule is COc1ccccc1-c1nnc(SCCOc2ccccc2C(C)=O)n1C. The Morgan fingerprint density at radius 1 is 1.07 bits per heavy atom. The van der Waals surface area contributed by atoms with Gasteiger partial charge in [-0.2, -0.15) is 0 Å². The molecule has 0 saturated carbocycles. The molecule has 0 spiro atoms. The summed E-state index contributed by atoms with van der Waals surface area (Å²) in [6.07, 6.45) is 0. The van der Waals surface area contributed by atoms with Crippen LogP contribution in [0, 0.1) is 0 Å². The lowest BCUT2D eigenvalue weighted by Crippen LogP contribution is -2.05. The summed E-state index contributed by atoms with van der Waals surface area (Å²) in [7, 11) is 3.57. The zero-order valence-electron chi connectivity index (χ0n) is 15.5. The van der Waals surface area contributed by atoms with Crippen molar-refractivity contribution in [3.8, 4) is 22.9 Å². The molecule has 0 N–H and O–H groups in total. The number of thioether (sulfide) groups is 1. The number of hydrogen-bond acceptors (Lipinski definition) is 6. The van der Waals surface area contributed by atoms with Crippen LogP contribution in [0.3, 0.4) is 0 Å². The first kappa shape index (κ1) is 19.0. The molecular formula is C20H21N3O3S. The van der Waals surface area contributed by atoms with E-state index in [1.165, 1.54) is 6.92 Å². The first-order valence-corrected chi connectivity index (χ1v) is 9.48. The molecule has 3 rings (SSSR count). The van der Waals surface area contributed by atoms with Crippen molar-refractivity contribution in [1.29, 1.82) is 0 Å². The predicted octanol–water partition coefficient (Wildman–Crippen LogP) is 3.86. The van der Waals surface area contributed by atoms with Crippen LogP contribution in [-0.4, -0.2) is 40.0 Å². The van der Waals surface area contributed by atoms with Gasteiger partial charge in [0.1, 0.15) is 11.5 Å². The first-order valence-electron chi connectivity index (χ1n) is 8.50. The lowest BCUT2D eigenvalue weighted by Gasteiger charge is -2.10. The van der Waals surface area contributed by atoms with Crippen LogP contribution < -0.4 is 9.47 Å². The Bertz CT molecular complexity index is 940. The third-order valence-electron chi connectivity index (χ3n) is 4.02. The van der Waals surface area contributed by atoms with E-state index in [0.717, 1.165) is 22.3 Å². The standard InChI is InChI=1S/C20H21N3O3S/c1-14(24)15-8-4-7-11-18(15)26-12-13-27-20-22-21-19(23(20)2)16-9-5-6-10-17(16)25-3/h4-11H,12-13H2,1-3H3. The zero-order valence-corrected chi connectivity index (χ0v) is 16.3. The smallest absolute Gasteiger partial charge is 0.191 e. The zero-order chi connectivity index (χ0) is 19.2. The van der Waals surface area contributed by atoms with Crippen molar-refractivity contribution in [3.05, 3.63) is 54.1 Å². The minimum absolute atomic E-state index is 0.00648. The number of carbonyl (C=O) groups is 1. The molecule has 0 bridgehead atoms. The minimum Gasteiger partial charge on any atom is -0.496 e. The van der Waals surface area contributed by atoms with Crippen molar-refractivity contribution in [1.82, 2.24) is 14.8 Å². The van der Waals surface area contributed by atoms with Gasteiger partial charge < -0.3 is 14.0 Å². The predicted molar refractivity (Wildman–Crippen MR) is 106 cm³/mol. The highest BCUT2D eigenvalue weighted by Gasteiger charge is 2.15. The summed E-state index contributed by atoms with van der Waals surface area (Å²) in [6.45, 7) is 2.00. The van der Waals surface area contributed by atoms with Crippen LogP contribution in [0.5, 0.6) is 11.5 Å². The molecule has 2 aromatic carbocycles. The monoisotopic (exact) mass is 383 g/mol. The first-order chi connectivity index (χ1) is 13.1. The summed E-state index contributed by atoms with van der Waals surface area (Å²) < 4.78 is 13.1. The topological polar surface area (TPSA) is 66.2 Å². The molecule has 3 aromatic rings. The van der Waals surface area contributed by atoms with Crippen LogP contribution in [0.4, 0.5) is 0 Å². The molecule has 1 aromatic heterocycles. The molecule has 0 fully saturated rings. The molecule has 0 aliphatic carbocycles. The molecule has 0 amide bonds. The molecule has 140 valence electrons. The van der Waals surface area contributed by atoms with Crippen molar-refractivity contribution in [2.75, 3.05) is 19.5 Å². The average molecular weight is 383 g/mol. The highest BCUT2D eigenvalue weighted by Crippen LogP contribution is 2.30. The van der Waals surface area contributed by atoms with E-state index in [-0.39, 0.29) is 5.78 Å². The third kappa shape index (κ3) is 4.31. The normalized spacial score (nSPS) is 10.6. The molecule has 0 unspecified atom stereocenters. The van der Waals surface area contributed by atoms with Gasteiger partial charge in [-0.3, -0.25) is 4.79 Å². The fourth-order valence-corrected chi connectivity index (χ4v) is 3.40. The molecule has 0 aliphatic heterocycles. The Kier molecular flexibility index (Phi) is 6.13. The van der Waals surface area contributed by atoms with Crippen LogP contribution >= 0.6 is 11.8 Å². The summed E-state index contributed by atoms with van der Waals surface area (Å²) >= 11 is 1.55. The highest BCUT2D eigenvalue weighted by molar-refractivity contribution is 7.99. The fourth-order valence-electron chi connectivity index (χ4n) is 2.67. The molecular weight excluding hydrogens is 362 g/mol. The number of rotatable bonds is 8. The third-order valence-corrected chi connectivity index (χ3v) is 5.01. The Balaban J connectivity index is 1.63. The van der Waals surface area contributed by atoms with Crippen molar-refractivity contribution >= 4 is 17.5 Å². The van der Waals surface area contributed by atoms with Crippen LogP contribution in [0.25, 0.3) is 11.4 Å². The maximum absolute atomic E-state index is 11.6. The van der Waals surface area contributed by atoms with Gasteiger partial charge in [0.25, 0.3) is 0 Å². The van der Waals surface area contributed by atoms with Gasteiger partial charge in [0.15, 0.2) is 16.8 Å². The summed E-state index contributed by atoms with van der Waals surface area (Å²) in [5, 5.41) is 9.36. The lowest BCUT2D eigenvalue weighted by atomic mass is 10.1. The van der Waals surface area contributed by atoms with Gasteiger partial charge in [0.05, 0.1) is 24.8 Å². The number of Topliss-reactive ketones (excluding diaryl/α,β-unsaturated/α-hetero) is 1. The van der Waals surface area contributed by atoms with Gasteiger partial charge >= 0.3 is 0 Å². The highest BCUT2D eigenvalue weighted by atomic mass is 32.2. The maximum atomic E-state index is 11.6.